The van der Waals surface area contributed by atoms with E-state index in [0.29, 0.717) is 22.8 Å². The quantitative estimate of drug-likeness (QED) is 0.245. The van der Waals surface area contributed by atoms with Crippen molar-refractivity contribution in [2.75, 3.05) is 24.2 Å². The Morgan fingerprint density at radius 1 is 0.929 bits per heavy atom. The fourth-order valence-electron chi connectivity index (χ4n) is 4.25. The van der Waals surface area contributed by atoms with Gasteiger partial charge in [-0.25, -0.2) is 8.42 Å². The van der Waals surface area contributed by atoms with Crippen LogP contribution in [0.25, 0.3) is 0 Å². The Morgan fingerprint density at radius 3 is 2.19 bits per heavy atom. The lowest BCUT2D eigenvalue weighted by molar-refractivity contribution is -0.140. The molecule has 0 aliphatic rings. The van der Waals surface area contributed by atoms with E-state index in [2.05, 4.69) is 5.32 Å². The summed E-state index contributed by atoms with van der Waals surface area (Å²) in [5.41, 5.74) is 1.62. The van der Waals surface area contributed by atoms with Gasteiger partial charge in [-0.2, -0.15) is 0 Å². The molecule has 3 rings (SSSR count). The van der Waals surface area contributed by atoms with E-state index in [1.54, 1.807) is 18.2 Å². The van der Waals surface area contributed by atoms with Gasteiger partial charge in [0.25, 0.3) is 0 Å². The first-order valence-electron chi connectivity index (χ1n) is 13.2. The van der Waals surface area contributed by atoms with Crippen LogP contribution in [0.15, 0.2) is 66.7 Å². The zero-order valence-electron chi connectivity index (χ0n) is 23.8. The van der Waals surface area contributed by atoms with Crippen molar-refractivity contribution < 1.29 is 22.7 Å². The molecule has 0 spiro atoms. The van der Waals surface area contributed by atoms with Gasteiger partial charge in [-0.05, 0) is 54.8 Å². The molecule has 2 amide bonds. The van der Waals surface area contributed by atoms with Crippen molar-refractivity contribution >= 4 is 62.3 Å². The van der Waals surface area contributed by atoms with Crippen LogP contribution in [-0.2, 0) is 32.6 Å². The number of nitrogens with zero attached hydrogens (tertiary/aromatic N) is 2. The number of carbonyl (C=O) groups is 2. The highest BCUT2D eigenvalue weighted by atomic mass is 35.5. The molecule has 0 saturated heterocycles. The molecular weight excluding hydrogens is 621 g/mol. The number of hydrogen-bond donors (Lipinski definition) is 1. The topological polar surface area (TPSA) is 96.0 Å². The molecule has 42 heavy (non-hydrogen) atoms. The molecule has 12 heteroatoms. The van der Waals surface area contributed by atoms with Crippen molar-refractivity contribution in [1.29, 1.82) is 0 Å². The molecule has 0 unspecified atom stereocenters. The minimum atomic E-state index is -3.95. The van der Waals surface area contributed by atoms with Crippen LogP contribution in [0, 0.1) is 0 Å². The first kappa shape index (κ1) is 33.5. The number of rotatable bonds is 13. The van der Waals surface area contributed by atoms with Gasteiger partial charge < -0.3 is 15.0 Å². The van der Waals surface area contributed by atoms with E-state index < -0.39 is 28.5 Å². The Labute approximate surface area is 262 Å². The summed E-state index contributed by atoms with van der Waals surface area (Å²) in [4.78, 5) is 29.3. The van der Waals surface area contributed by atoms with Gasteiger partial charge >= 0.3 is 0 Å². The SMILES string of the molecule is CC[C@@H](C)NC(=O)[C@@H](Cc1ccccc1)N(Cc1ccc(Cl)c(Cl)c1)C(=O)CN(c1ccc(OC)c(Cl)c1)S(C)(=O)=O. The summed E-state index contributed by atoms with van der Waals surface area (Å²) < 4.78 is 32.0. The summed E-state index contributed by atoms with van der Waals surface area (Å²) in [7, 11) is -2.51. The molecule has 8 nitrogen and oxygen atoms in total. The summed E-state index contributed by atoms with van der Waals surface area (Å²) >= 11 is 18.7. The smallest absolute Gasteiger partial charge is 0.244 e. The lowest BCUT2D eigenvalue weighted by Crippen LogP contribution is -2.54. The fourth-order valence-corrected chi connectivity index (χ4v) is 5.67. The number of nitrogens with one attached hydrogen (secondary N) is 1. The summed E-state index contributed by atoms with van der Waals surface area (Å²) in [5.74, 6) is -0.607. The third kappa shape index (κ3) is 9.01. The molecule has 0 radical (unpaired) electrons. The summed E-state index contributed by atoms with van der Waals surface area (Å²) in [5, 5.41) is 3.79. The molecule has 3 aromatic carbocycles. The van der Waals surface area contributed by atoms with Gasteiger partial charge in [0.2, 0.25) is 21.8 Å². The molecule has 1 N–H and O–H groups in total. The minimum Gasteiger partial charge on any atom is -0.495 e. The van der Waals surface area contributed by atoms with Crippen molar-refractivity contribution in [3.05, 3.63) is 92.9 Å². The standard InChI is InChI=1S/C30H34Cl3N3O5S/c1-5-20(2)34-30(38)27(16-21-9-7-6-8-10-21)35(18-22-11-13-24(31)25(32)15-22)29(37)19-36(42(4,39)40)23-12-14-28(41-3)26(33)17-23/h6-15,17,20,27H,5,16,18-19H2,1-4H3,(H,34,38)/t20-,27-/m1/s1. The third-order valence-corrected chi connectivity index (χ3v) is 8.89. The summed E-state index contributed by atoms with van der Waals surface area (Å²) in [6.45, 7) is 3.22. The van der Waals surface area contributed by atoms with Crippen molar-refractivity contribution in [3.63, 3.8) is 0 Å². The largest absolute Gasteiger partial charge is 0.495 e. The van der Waals surface area contributed by atoms with Gasteiger partial charge in [0.15, 0.2) is 0 Å². The highest BCUT2D eigenvalue weighted by Crippen LogP contribution is 2.31. The normalized spacial score (nSPS) is 12.7. The maximum atomic E-state index is 14.2. The van der Waals surface area contributed by atoms with Crippen LogP contribution in [0.1, 0.15) is 31.4 Å². The van der Waals surface area contributed by atoms with Crippen LogP contribution in [0.2, 0.25) is 15.1 Å². The van der Waals surface area contributed by atoms with E-state index in [1.807, 2.05) is 44.2 Å². The first-order chi connectivity index (χ1) is 19.8. The lowest BCUT2D eigenvalue weighted by atomic mass is 10.0. The highest BCUT2D eigenvalue weighted by molar-refractivity contribution is 7.92. The van der Waals surface area contributed by atoms with Gasteiger partial charge in [0, 0.05) is 19.0 Å². The Balaban J connectivity index is 2.09. The van der Waals surface area contributed by atoms with E-state index in [-0.39, 0.29) is 40.6 Å². The van der Waals surface area contributed by atoms with E-state index in [4.69, 9.17) is 39.5 Å². The number of sulfonamides is 1. The van der Waals surface area contributed by atoms with Crippen molar-refractivity contribution in [2.24, 2.45) is 0 Å². The molecule has 0 aromatic heterocycles. The first-order valence-corrected chi connectivity index (χ1v) is 16.2. The van der Waals surface area contributed by atoms with Crippen LogP contribution in [0.4, 0.5) is 5.69 Å². The van der Waals surface area contributed by atoms with Crippen LogP contribution in [0.3, 0.4) is 0 Å². The van der Waals surface area contributed by atoms with Crippen LogP contribution in [0.5, 0.6) is 5.75 Å². The second kappa shape index (κ2) is 15.0. The number of carbonyl (C=O) groups excluding carboxylic acids is 2. The summed E-state index contributed by atoms with van der Waals surface area (Å²) in [6, 6.07) is 17.5. The zero-order chi connectivity index (χ0) is 31.0. The van der Waals surface area contributed by atoms with Gasteiger partial charge in [-0.15, -0.1) is 0 Å². The molecule has 3 aromatic rings. The third-order valence-electron chi connectivity index (χ3n) is 6.71. The molecule has 0 fully saturated rings. The maximum Gasteiger partial charge on any atom is 0.244 e. The van der Waals surface area contributed by atoms with Crippen LogP contribution >= 0.6 is 34.8 Å². The molecule has 226 valence electrons. The number of hydrogen-bond acceptors (Lipinski definition) is 5. The van der Waals surface area contributed by atoms with Crippen LogP contribution in [-0.4, -0.2) is 57.1 Å². The summed E-state index contributed by atoms with van der Waals surface area (Å²) in [6.07, 6.45) is 1.88. The molecule has 2 atom stereocenters. The molecular formula is C30H34Cl3N3O5S. The Morgan fingerprint density at radius 2 is 1.62 bits per heavy atom. The van der Waals surface area contributed by atoms with E-state index in [1.165, 1.54) is 30.2 Å². The van der Waals surface area contributed by atoms with Crippen LogP contribution < -0.4 is 14.4 Å². The Hall–Kier alpha value is -2.98. The van der Waals surface area contributed by atoms with Gasteiger partial charge in [-0.1, -0.05) is 78.1 Å². The van der Waals surface area contributed by atoms with Crippen molar-refractivity contribution in [1.82, 2.24) is 10.2 Å². The maximum absolute atomic E-state index is 14.2. The second-order valence-corrected chi connectivity index (χ2v) is 13.0. The predicted octanol–water partition coefficient (Wildman–Crippen LogP) is 5.98. The predicted molar refractivity (Wildman–Crippen MR) is 169 cm³/mol. The number of amides is 2. The molecule has 0 aliphatic carbocycles. The average Bonchev–Trinajstić information content (AvgIpc) is 2.95. The number of anilines is 1. The fraction of sp³-hybridized carbons (Fsp3) is 0.333. The highest BCUT2D eigenvalue weighted by Gasteiger charge is 2.33. The van der Waals surface area contributed by atoms with Gasteiger partial charge in [-0.3, -0.25) is 13.9 Å². The number of benzene rings is 3. The van der Waals surface area contributed by atoms with E-state index in [9.17, 15) is 18.0 Å². The van der Waals surface area contributed by atoms with E-state index >= 15 is 0 Å². The number of ether oxygens (including phenoxy) is 1. The molecule has 0 aliphatic heterocycles. The molecule has 0 bridgehead atoms. The number of methoxy groups -OCH3 is 1. The molecule has 0 heterocycles. The van der Waals surface area contributed by atoms with Crippen molar-refractivity contribution in [2.45, 2.75) is 45.3 Å². The minimum absolute atomic E-state index is 0.0257. The Kier molecular flexibility index (Phi) is 11.9. The van der Waals surface area contributed by atoms with E-state index in [0.717, 1.165) is 16.1 Å². The van der Waals surface area contributed by atoms with Gasteiger partial charge in [0.1, 0.15) is 18.3 Å². The molecule has 0 saturated carbocycles. The zero-order valence-corrected chi connectivity index (χ0v) is 26.9. The number of halogens is 3. The lowest BCUT2D eigenvalue weighted by Gasteiger charge is -2.34. The second-order valence-electron chi connectivity index (χ2n) is 9.88. The average molecular weight is 655 g/mol. The Bertz CT molecular complexity index is 1510. The monoisotopic (exact) mass is 653 g/mol. The van der Waals surface area contributed by atoms with Crippen molar-refractivity contribution in [3.8, 4) is 5.75 Å². The van der Waals surface area contributed by atoms with Gasteiger partial charge in [0.05, 0.1) is 34.1 Å².